The smallest absolute Gasteiger partial charge is 0.251 e. The molecule has 0 saturated heterocycles. The summed E-state index contributed by atoms with van der Waals surface area (Å²) in [7, 11) is 0. The number of amides is 1. The Hall–Kier alpha value is -0.870. The standard InChI is InChI=1S/C12H14BrNO2/c13-4-1-5-14-12(15)9-2-3-10-7-16-8-11(10)6-9/h2-3,6H,1,4-5,7-8H2,(H,14,15). The zero-order valence-corrected chi connectivity index (χ0v) is 10.5. The summed E-state index contributed by atoms with van der Waals surface area (Å²) in [5.41, 5.74) is 3.05. The molecule has 0 spiro atoms. The Morgan fingerprint density at radius 2 is 2.19 bits per heavy atom. The van der Waals surface area contributed by atoms with Crippen LogP contribution in [0.25, 0.3) is 0 Å². The topological polar surface area (TPSA) is 38.3 Å². The number of alkyl halides is 1. The summed E-state index contributed by atoms with van der Waals surface area (Å²) in [5, 5.41) is 3.79. The van der Waals surface area contributed by atoms with Crippen LogP contribution in [0.4, 0.5) is 0 Å². The first-order valence-electron chi connectivity index (χ1n) is 5.35. The van der Waals surface area contributed by atoms with E-state index in [2.05, 4.69) is 21.2 Å². The van der Waals surface area contributed by atoms with Crippen LogP contribution in [0.2, 0.25) is 0 Å². The molecule has 1 aliphatic rings. The minimum atomic E-state index is -0.00403. The third kappa shape index (κ3) is 2.62. The number of rotatable bonds is 4. The molecule has 1 aromatic rings. The van der Waals surface area contributed by atoms with Crippen molar-refractivity contribution in [2.24, 2.45) is 0 Å². The van der Waals surface area contributed by atoms with Crippen LogP contribution in [-0.2, 0) is 18.0 Å². The molecule has 1 aromatic carbocycles. The Bertz CT molecular complexity index is 393. The largest absolute Gasteiger partial charge is 0.372 e. The van der Waals surface area contributed by atoms with Gasteiger partial charge in [0.2, 0.25) is 0 Å². The van der Waals surface area contributed by atoms with Crippen LogP contribution in [0.5, 0.6) is 0 Å². The molecule has 1 N–H and O–H groups in total. The number of nitrogens with one attached hydrogen (secondary N) is 1. The fourth-order valence-corrected chi connectivity index (χ4v) is 1.96. The van der Waals surface area contributed by atoms with E-state index in [1.807, 2.05) is 18.2 Å². The van der Waals surface area contributed by atoms with E-state index in [1.54, 1.807) is 0 Å². The van der Waals surface area contributed by atoms with Gasteiger partial charge in [0.25, 0.3) is 5.91 Å². The van der Waals surface area contributed by atoms with Gasteiger partial charge >= 0.3 is 0 Å². The highest BCUT2D eigenvalue weighted by Gasteiger charge is 2.13. The zero-order valence-electron chi connectivity index (χ0n) is 8.96. The molecule has 0 aliphatic carbocycles. The van der Waals surface area contributed by atoms with E-state index in [0.29, 0.717) is 19.8 Å². The maximum Gasteiger partial charge on any atom is 0.251 e. The Morgan fingerprint density at radius 3 is 3.00 bits per heavy atom. The Kier molecular flexibility index (Phi) is 3.96. The molecule has 86 valence electrons. The Balaban J connectivity index is 2.01. The molecule has 0 unspecified atom stereocenters. The number of benzene rings is 1. The van der Waals surface area contributed by atoms with Crippen molar-refractivity contribution in [1.29, 1.82) is 0 Å². The third-order valence-electron chi connectivity index (χ3n) is 2.58. The van der Waals surface area contributed by atoms with E-state index in [9.17, 15) is 4.79 Å². The first-order valence-corrected chi connectivity index (χ1v) is 6.47. The maximum atomic E-state index is 11.8. The van der Waals surface area contributed by atoms with E-state index >= 15 is 0 Å². The van der Waals surface area contributed by atoms with Gasteiger partial charge in [-0.05, 0) is 29.7 Å². The quantitative estimate of drug-likeness (QED) is 0.680. The molecule has 4 heteroatoms. The van der Waals surface area contributed by atoms with Crippen molar-refractivity contribution in [3.63, 3.8) is 0 Å². The van der Waals surface area contributed by atoms with Gasteiger partial charge in [-0.15, -0.1) is 0 Å². The molecular formula is C12H14BrNO2. The van der Waals surface area contributed by atoms with E-state index in [1.165, 1.54) is 5.56 Å². The highest BCUT2D eigenvalue weighted by molar-refractivity contribution is 9.09. The molecule has 16 heavy (non-hydrogen) atoms. The summed E-state index contributed by atoms with van der Waals surface area (Å²) in [6.45, 7) is 2.00. The molecule has 0 aromatic heterocycles. The molecule has 0 fully saturated rings. The molecule has 0 bridgehead atoms. The van der Waals surface area contributed by atoms with E-state index in [0.717, 1.165) is 22.9 Å². The summed E-state index contributed by atoms with van der Waals surface area (Å²) in [6.07, 6.45) is 0.944. The second kappa shape index (κ2) is 5.46. The summed E-state index contributed by atoms with van der Waals surface area (Å²) in [5.74, 6) is -0.00403. The number of ether oxygens (including phenoxy) is 1. The van der Waals surface area contributed by atoms with Crippen molar-refractivity contribution in [3.05, 3.63) is 34.9 Å². The predicted molar refractivity (Wildman–Crippen MR) is 65.7 cm³/mol. The van der Waals surface area contributed by atoms with Gasteiger partial charge in [0, 0.05) is 17.4 Å². The minimum Gasteiger partial charge on any atom is -0.372 e. The molecule has 2 rings (SSSR count). The lowest BCUT2D eigenvalue weighted by atomic mass is 10.1. The van der Waals surface area contributed by atoms with Gasteiger partial charge in [0.1, 0.15) is 0 Å². The number of carbonyl (C=O) groups excluding carboxylic acids is 1. The third-order valence-corrected chi connectivity index (χ3v) is 3.14. The minimum absolute atomic E-state index is 0.00403. The second-order valence-corrected chi connectivity index (χ2v) is 4.57. The second-order valence-electron chi connectivity index (χ2n) is 3.77. The van der Waals surface area contributed by atoms with Crippen molar-refractivity contribution in [3.8, 4) is 0 Å². The molecule has 0 saturated carbocycles. The first kappa shape index (κ1) is 11.6. The molecular weight excluding hydrogens is 270 g/mol. The van der Waals surface area contributed by atoms with Crippen molar-refractivity contribution in [1.82, 2.24) is 5.32 Å². The van der Waals surface area contributed by atoms with Crippen LogP contribution in [0.15, 0.2) is 18.2 Å². The number of carbonyl (C=O) groups is 1. The first-order chi connectivity index (χ1) is 7.81. The number of hydrogen-bond donors (Lipinski definition) is 1. The number of hydrogen-bond acceptors (Lipinski definition) is 2. The summed E-state index contributed by atoms with van der Waals surface area (Å²) in [4.78, 5) is 11.8. The fraction of sp³-hybridized carbons (Fsp3) is 0.417. The highest BCUT2D eigenvalue weighted by Crippen LogP contribution is 2.20. The summed E-state index contributed by atoms with van der Waals surface area (Å²) >= 11 is 3.33. The van der Waals surface area contributed by atoms with Crippen LogP contribution < -0.4 is 5.32 Å². The van der Waals surface area contributed by atoms with Crippen molar-refractivity contribution in [2.75, 3.05) is 11.9 Å². The fourth-order valence-electron chi connectivity index (χ4n) is 1.68. The van der Waals surface area contributed by atoms with Gasteiger partial charge in [0.15, 0.2) is 0 Å². The molecule has 0 atom stereocenters. The van der Waals surface area contributed by atoms with Gasteiger partial charge in [-0.1, -0.05) is 22.0 Å². The van der Waals surface area contributed by atoms with Crippen LogP contribution >= 0.6 is 15.9 Å². The average Bonchev–Trinajstić information content (AvgIpc) is 2.76. The maximum absolute atomic E-state index is 11.8. The lowest BCUT2D eigenvalue weighted by Crippen LogP contribution is -2.24. The van der Waals surface area contributed by atoms with Gasteiger partial charge in [-0.25, -0.2) is 0 Å². The van der Waals surface area contributed by atoms with E-state index in [4.69, 9.17) is 4.74 Å². The zero-order chi connectivity index (χ0) is 11.4. The average molecular weight is 284 g/mol. The van der Waals surface area contributed by atoms with Crippen LogP contribution in [0.3, 0.4) is 0 Å². The lowest BCUT2D eigenvalue weighted by Gasteiger charge is -2.05. The Morgan fingerprint density at radius 1 is 1.38 bits per heavy atom. The molecule has 1 aliphatic heterocycles. The van der Waals surface area contributed by atoms with E-state index < -0.39 is 0 Å². The molecule has 1 heterocycles. The van der Waals surface area contributed by atoms with Crippen molar-refractivity contribution in [2.45, 2.75) is 19.6 Å². The summed E-state index contributed by atoms with van der Waals surface area (Å²) < 4.78 is 5.31. The summed E-state index contributed by atoms with van der Waals surface area (Å²) in [6, 6.07) is 5.75. The van der Waals surface area contributed by atoms with Crippen molar-refractivity contribution >= 4 is 21.8 Å². The van der Waals surface area contributed by atoms with Crippen molar-refractivity contribution < 1.29 is 9.53 Å². The van der Waals surface area contributed by atoms with Gasteiger partial charge < -0.3 is 10.1 Å². The predicted octanol–water partition coefficient (Wildman–Crippen LogP) is 2.23. The van der Waals surface area contributed by atoms with E-state index in [-0.39, 0.29) is 5.91 Å². The van der Waals surface area contributed by atoms with Gasteiger partial charge in [-0.2, -0.15) is 0 Å². The number of fused-ring (bicyclic) bond motifs is 1. The SMILES string of the molecule is O=C(NCCCBr)c1ccc2c(c1)COC2. The normalized spacial score (nSPS) is 13.6. The molecule has 3 nitrogen and oxygen atoms in total. The van der Waals surface area contributed by atoms with Crippen LogP contribution in [-0.4, -0.2) is 17.8 Å². The molecule has 1 amide bonds. The van der Waals surface area contributed by atoms with Gasteiger partial charge in [-0.3, -0.25) is 4.79 Å². The highest BCUT2D eigenvalue weighted by atomic mass is 79.9. The van der Waals surface area contributed by atoms with Crippen LogP contribution in [0, 0.1) is 0 Å². The number of halogens is 1. The Labute approximate surface area is 103 Å². The van der Waals surface area contributed by atoms with Gasteiger partial charge in [0.05, 0.1) is 13.2 Å². The molecule has 0 radical (unpaired) electrons. The van der Waals surface area contributed by atoms with Crippen LogP contribution in [0.1, 0.15) is 27.9 Å². The lowest BCUT2D eigenvalue weighted by molar-refractivity contribution is 0.0953. The monoisotopic (exact) mass is 283 g/mol.